The van der Waals surface area contributed by atoms with E-state index in [1.165, 1.54) is 6.08 Å². The molecular formula is C13H13BrN2O2. The highest BCUT2D eigenvalue weighted by molar-refractivity contribution is 9.10. The molecule has 5 heteroatoms. The maximum absolute atomic E-state index is 10.6. The van der Waals surface area contributed by atoms with Crippen molar-refractivity contribution in [2.75, 3.05) is 0 Å². The number of halogens is 1. The normalized spacial score (nSPS) is 11.5. The highest BCUT2D eigenvalue weighted by Gasteiger charge is 2.10. The number of aromatic nitrogens is 2. The Labute approximate surface area is 113 Å². The zero-order valence-electron chi connectivity index (χ0n) is 10.1. The van der Waals surface area contributed by atoms with Crippen LogP contribution in [0.2, 0.25) is 0 Å². The molecule has 18 heavy (non-hydrogen) atoms. The van der Waals surface area contributed by atoms with Crippen molar-refractivity contribution in [3.05, 3.63) is 34.1 Å². The number of nitrogens with zero attached hydrogens (tertiary/aromatic N) is 2. The summed E-state index contributed by atoms with van der Waals surface area (Å²) in [4.78, 5) is 15.0. The standard InChI is InChI=1S/C13H13BrN2O2/c1-3-16-11(4-5-12(17)18)15-10-7-9(14)6-8(2)13(10)16/h4-7H,3H2,1-2H3,(H,17,18)/b5-4+. The van der Waals surface area contributed by atoms with Gasteiger partial charge in [-0.3, -0.25) is 0 Å². The fourth-order valence-electron chi connectivity index (χ4n) is 2.05. The molecule has 2 rings (SSSR count). The number of rotatable bonds is 3. The Bertz CT molecular complexity index is 644. The zero-order chi connectivity index (χ0) is 13.3. The lowest BCUT2D eigenvalue weighted by atomic mass is 10.2. The first-order chi connectivity index (χ1) is 8.52. The molecule has 0 unspecified atom stereocenters. The molecule has 0 saturated carbocycles. The summed E-state index contributed by atoms with van der Waals surface area (Å²) in [6.45, 7) is 4.78. The van der Waals surface area contributed by atoms with Crippen LogP contribution in [-0.2, 0) is 11.3 Å². The molecular weight excluding hydrogens is 296 g/mol. The lowest BCUT2D eigenvalue weighted by Crippen LogP contribution is -1.99. The summed E-state index contributed by atoms with van der Waals surface area (Å²) in [5.41, 5.74) is 3.03. The second-order valence-electron chi connectivity index (χ2n) is 3.98. The maximum Gasteiger partial charge on any atom is 0.328 e. The summed E-state index contributed by atoms with van der Waals surface area (Å²) in [6, 6.07) is 3.97. The van der Waals surface area contributed by atoms with Crippen LogP contribution in [0.4, 0.5) is 0 Å². The number of carboxylic acids is 1. The molecule has 1 heterocycles. The van der Waals surface area contributed by atoms with Gasteiger partial charge in [-0.05, 0) is 37.6 Å². The van der Waals surface area contributed by atoms with Gasteiger partial charge in [0, 0.05) is 17.1 Å². The number of hydrogen-bond donors (Lipinski definition) is 1. The molecule has 4 nitrogen and oxygen atoms in total. The molecule has 94 valence electrons. The van der Waals surface area contributed by atoms with Crippen LogP contribution in [0.1, 0.15) is 18.3 Å². The molecule has 0 spiro atoms. The molecule has 0 saturated heterocycles. The average molecular weight is 309 g/mol. The number of carboxylic acid groups (broad SMARTS) is 1. The maximum atomic E-state index is 10.6. The molecule has 0 aliphatic heterocycles. The summed E-state index contributed by atoms with van der Waals surface area (Å²) in [6.07, 6.45) is 2.64. The van der Waals surface area contributed by atoms with E-state index in [0.717, 1.165) is 33.7 Å². The van der Waals surface area contributed by atoms with Crippen LogP contribution in [0, 0.1) is 6.92 Å². The number of aryl methyl sites for hydroxylation is 2. The van der Waals surface area contributed by atoms with E-state index in [-0.39, 0.29) is 0 Å². The van der Waals surface area contributed by atoms with E-state index in [9.17, 15) is 4.79 Å². The van der Waals surface area contributed by atoms with E-state index in [4.69, 9.17) is 5.11 Å². The largest absolute Gasteiger partial charge is 0.478 e. The van der Waals surface area contributed by atoms with Crippen LogP contribution in [0.15, 0.2) is 22.7 Å². The summed E-state index contributed by atoms with van der Waals surface area (Å²) in [5.74, 6) is -0.307. The van der Waals surface area contributed by atoms with E-state index in [1.54, 1.807) is 0 Å². The quantitative estimate of drug-likeness (QED) is 0.886. The van der Waals surface area contributed by atoms with Crippen LogP contribution in [0.3, 0.4) is 0 Å². The smallest absolute Gasteiger partial charge is 0.328 e. The van der Waals surface area contributed by atoms with E-state index in [2.05, 4.69) is 20.9 Å². The molecule has 1 aromatic carbocycles. The first kappa shape index (κ1) is 12.8. The highest BCUT2D eigenvalue weighted by atomic mass is 79.9. The molecule has 0 atom stereocenters. The number of carbonyl (C=O) groups is 1. The second kappa shape index (κ2) is 4.94. The van der Waals surface area contributed by atoms with Gasteiger partial charge in [0.25, 0.3) is 0 Å². The minimum Gasteiger partial charge on any atom is -0.478 e. The third kappa shape index (κ3) is 2.31. The predicted octanol–water partition coefficient (Wildman–Crippen LogP) is 3.22. The van der Waals surface area contributed by atoms with Gasteiger partial charge in [0.1, 0.15) is 5.82 Å². The topological polar surface area (TPSA) is 55.1 Å². The number of aliphatic carboxylic acids is 1. The summed E-state index contributed by atoms with van der Waals surface area (Å²) in [5, 5.41) is 8.68. The average Bonchev–Trinajstić information content (AvgIpc) is 2.63. The fourth-order valence-corrected chi connectivity index (χ4v) is 2.61. The minimum atomic E-state index is -0.970. The van der Waals surface area contributed by atoms with Crippen LogP contribution in [0.5, 0.6) is 0 Å². The minimum absolute atomic E-state index is 0.663. The Morgan fingerprint density at radius 2 is 2.28 bits per heavy atom. The van der Waals surface area contributed by atoms with Crippen molar-refractivity contribution in [3.8, 4) is 0 Å². The lowest BCUT2D eigenvalue weighted by molar-refractivity contribution is -0.131. The van der Waals surface area contributed by atoms with Gasteiger partial charge in [0.2, 0.25) is 0 Å². The number of imidazole rings is 1. The molecule has 0 radical (unpaired) electrons. The van der Waals surface area contributed by atoms with Gasteiger partial charge in [-0.25, -0.2) is 9.78 Å². The van der Waals surface area contributed by atoms with E-state index >= 15 is 0 Å². The van der Waals surface area contributed by atoms with Gasteiger partial charge in [-0.1, -0.05) is 15.9 Å². The van der Waals surface area contributed by atoms with E-state index in [0.29, 0.717) is 5.82 Å². The van der Waals surface area contributed by atoms with Crippen molar-refractivity contribution >= 4 is 39.0 Å². The van der Waals surface area contributed by atoms with E-state index < -0.39 is 5.97 Å². The molecule has 2 aromatic rings. The van der Waals surface area contributed by atoms with Crippen LogP contribution < -0.4 is 0 Å². The van der Waals surface area contributed by atoms with Crippen molar-refractivity contribution in [2.45, 2.75) is 20.4 Å². The second-order valence-corrected chi connectivity index (χ2v) is 4.89. The Hall–Kier alpha value is -1.62. The third-order valence-corrected chi connectivity index (χ3v) is 3.18. The van der Waals surface area contributed by atoms with Crippen LogP contribution in [0.25, 0.3) is 17.1 Å². The molecule has 0 amide bonds. The molecule has 0 bridgehead atoms. The number of hydrogen-bond acceptors (Lipinski definition) is 2. The van der Waals surface area contributed by atoms with Crippen molar-refractivity contribution in [1.29, 1.82) is 0 Å². The molecule has 0 fully saturated rings. The highest BCUT2D eigenvalue weighted by Crippen LogP contribution is 2.25. The van der Waals surface area contributed by atoms with Gasteiger partial charge in [0.15, 0.2) is 0 Å². The SMILES string of the molecule is CCn1c(/C=C/C(=O)O)nc2cc(Br)cc(C)c21. The Morgan fingerprint density at radius 3 is 2.89 bits per heavy atom. The molecule has 1 N–H and O–H groups in total. The third-order valence-electron chi connectivity index (χ3n) is 2.72. The van der Waals surface area contributed by atoms with Gasteiger partial charge in [0.05, 0.1) is 11.0 Å². The lowest BCUT2D eigenvalue weighted by Gasteiger charge is -2.05. The Balaban J connectivity index is 2.68. The first-order valence-electron chi connectivity index (χ1n) is 5.60. The summed E-state index contributed by atoms with van der Waals surface area (Å²) >= 11 is 3.44. The Morgan fingerprint density at radius 1 is 1.56 bits per heavy atom. The molecule has 0 aliphatic carbocycles. The molecule has 1 aromatic heterocycles. The molecule has 0 aliphatic rings. The van der Waals surface area contributed by atoms with Crippen molar-refractivity contribution < 1.29 is 9.90 Å². The zero-order valence-corrected chi connectivity index (χ0v) is 11.7. The van der Waals surface area contributed by atoms with Crippen molar-refractivity contribution in [3.63, 3.8) is 0 Å². The monoisotopic (exact) mass is 308 g/mol. The van der Waals surface area contributed by atoms with Crippen LogP contribution >= 0.6 is 15.9 Å². The predicted molar refractivity (Wildman–Crippen MR) is 74.5 cm³/mol. The van der Waals surface area contributed by atoms with Gasteiger partial charge in [-0.15, -0.1) is 0 Å². The van der Waals surface area contributed by atoms with Gasteiger partial charge >= 0.3 is 5.97 Å². The van der Waals surface area contributed by atoms with Crippen molar-refractivity contribution in [1.82, 2.24) is 9.55 Å². The van der Waals surface area contributed by atoms with Gasteiger partial charge in [-0.2, -0.15) is 0 Å². The van der Waals surface area contributed by atoms with E-state index in [1.807, 2.05) is 30.5 Å². The first-order valence-corrected chi connectivity index (χ1v) is 6.39. The number of benzene rings is 1. The van der Waals surface area contributed by atoms with Crippen molar-refractivity contribution in [2.24, 2.45) is 0 Å². The van der Waals surface area contributed by atoms with Crippen LogP contribution in [-0.4, -0.2) is 20.6 Å². The fraction of sp³-hybridized carbons (Fsp3) is 0.231. The summed E-state index contributed by atoms with van der Waals surface area (Å²) < 4.78 is 2.98. The number of fused-ring (bicyclic) bond motifs is 1. The Kier molecular flexibility index (Phi) is 3.52. The van der Waals surface area contributed by atoms with Gasteiger partial charge < -0.3 is 9.67 Å². The summed E-state index contributed by atoms with van der Waals surface area (Å²) in [7, 11) is 0.